The molecule has 0 saturated carbocycles. The number of benzene rings is 4. The summed E-state index contributed by atoms with van der Waals surface area (Å²) in [4.78, 5) is 68.9. The molecule has 4 heterocycles. The lowest BCUT2D eigenvalue weighted by Gasteiger charge is -2.44. The summed E-state index contributed by atoms with van der Waals surface area (Å²) in [6, 6.07) is 35.4. The van der Waals surface area contributed by atoms with E-state index < -0.39 is 34.8 Å². The minimum Gasteiger partial charge on any atom is -0.399 e. The third kappa shape index (κ3) is 11.9. The van der Waals surface area contributed by atoms with E-state index in [9.17, 15) is 5.11 Å². The number of hydrogen-bond acceptors (Lipinski definition) is 14. The lowest BCUT2D eigenvalue weighted by molar-refractivity contribution is 0.189. The van der Waals surface area contributed by atoms with Crippen molar-refractivity contribution in [2.75, 3.05) is 97.4 Å². The van der Waals surface area contributed by atoms with Gasteiger partial charge >= 0.3 is 11.4 Å². The lowest BCUT2D eigenvalue weighted by atomic mass is 10.1. The highest BCUT2D eigenvalue weighted by Crippen LogP contribution is 2.47. The van der Waals surface area contributed by atoms with Crippen molar-refractivity contribution in [3.05, 3.63) is 173 Å². The minimum atomic E-state index is -0.682. The molecular formula is C57H76N12O6. The summed E-state index contributed by atoms with van der Waals surface area (Å²) in [6.45, 7) is 10.6. The van der Waals surface area contributed by atoms with E-state index in [0.29, 0.717) is 125 Å². The van der Waals surface area contributed by atoms with Crippen molar-refractivity contribution < 1.29 is 9.84 Å². The maximum Gasteiger partial charge on any atom is 0.332 e. The SMILES string of the molecule is CCCn1c(=O)c2c(n(CCc3ccc(N)cc3)c1=O)N(N1c3c(c(=O)n(CCCOC)c(=O)n3CCc3ccc(N)cc3)N(CCN(CC)CCO)C1Cc1ccccc1)C(Cc1ccccc1)N2CCNCC. The first-order valence-corrected chi connectivity index (χ1v) is 26.7. The summed E-state index contributed by atoms with van der Waals surface area (Å²) in [5, 5.41) is 17.9. The largest absolute Gasteiger partial charge is 0.399 e. The molecule has 0 fully saturated rings. The standard InChI is InChI=1S/C57H76N12O6/c1-5-30-66-54(71)50-52(64(56(66)73)32-27-42-19-23-46(58)24-20-42)68(48(62(50)34-29-60-6-2)40-44-15-10-8-11-16-44)69-49(41-45-17-12-9-13-18-45)63(36-35-61(7-3)37-38-70)51-53(69)65(33-28-43-21-25-47(59)26-22-43)57(74)67(55(51)72)31-14-39-75-4/h8-13,15-26,48-49,60,70H,5-7,14,27-41,58-59H2,1-4H3. The Morgan fingerprint density at radius 1 is 0.573 bits per heavy atom. The first-order valence-electron chi connectivity index (χ1n) is 26.7. The fourth-order valence-electron chi connectivity index (χ4n) is 10.6. The maximum atomic E-state index is 15.8. The number of hydrogen-bond donors (Lipinski definition) is 4. The van der Waals surface area contributed by atoms with Crippen LogP contribution in [0.5, 0.6) is 0 Å². The number of aromatic nitrogens is 4. The fraction of sp³-hybridized carbons (Fsp3) is 0.439. The monoisotopic (exact) mass is 1020 g/mol. The Hall–Kier alpha value is -7.12. The van der Waals surface area contributed by atoms with Crippen LogP contribution in [0.1, 0.15) is 55.9 Å². The Morgan fingerprint density at radius 3 is 1.49 bits per heavy atom. The van der Waals surface area contributed by atoms with Crippen LogP contribution < -0.4 is 59.1 Å². The second-order valence-corrected chi connectivity index (χ2v) is 19.4. The van der Waals surface area contributed by atoms with Crippen LogP contribution in [-0.4, -0.2) is 107 Å². The molecule has 4 aromatic carbocycles. The van der Waals surface area contributed by atoms with E-state index in [1.807, 2.05) is 106 Å². The Balaban J connectivity index is 1.49. The van der Waals surface area contributed by atoms with Gasteiger partial charge in [-0.2, -0.15) is 0 Å². The van der Waals surface area contributed by atoms with Crippen molar-refractivity contribution in [1.29, 1.82) is 0 Å². The highest BCUT2D eigenvalue weighted by atomic mass is 16.5. The van der Waals surface area contributed by atoms with Crippen LogP contribution in [0.15, 0.2) is 128 Å². The summed E-state index contributed by atoms with van der Waals surface area (Å²) in [6.07, 6.45) is 1.28. The normalized spacial score (nSPS) is 15.1. The number of likely N-dealkylation sites (N-methyl/N-ethyl adjacent to an activating group) is 2. The number of nitrogens with two attached hydrogens (primary N) is 2. The summed E-state index contributed by atoms with van der Waals surface area (Å²) in [5.41, 5.74) is 16.4. The van der Waals surface area contributed by atoms with Gasteiger partial charge in [0, 0.05) is 96.8 Å². The van der Waals surface area contributed by atoms with Crippen LogP contribution in [0.3, 0.4) is 0 Å². The number of hydrazine groups is 1. The molecule has 2 aliphatic heterocycles. The zero-order valence-electron chi connectivity index (χ0n) is 44.2. The van der Waals surface area contributed by atoms with Gasteiger partial charge in [0.1, 0.15) is 23.7 Å². The second-order valence-electron chi connectivity index (χ2n) is 19.4. The number of aliphatic hydroxyl groups excluding tert-OH is 1. The molecule has 8 rings (SSSR count). The Kier molecular flexibility index (Phi) is 18.3. The average molecular weight is 1030 g/mol. The zero-order chi connectivity index (χ0) is 53.0. The van der Waals surface area contributed by atoms with Gasteiger partial charge in [-0.15, -0.1) is 0 Å². The minimum absolute atomic E-state index is 0.0428. The molecular weight excluding hydrogens is 949 g/mol. The molecule has 2 unspecified atom stereocenters. The van der Waals surface area contributed by atoms with Crippen molar-refractivity contribution in [2.45, 2.75) is 97.8 Å². The molecule has 0 amide bonds. The Bertz CT molecular complexity index is 3050. The number of fused-ring (bicyclic) bond motifs is 2. The number of nitrogens with one attached hydrogen (secondary N) is 1. The molecule has 2 atom stereocenters. The van der Waals surface area contributed by atoms with E-state index in [4.69, 9.17) is 16.2 Å². The van der Waals surface area contributed by atoms with Gasteiger partial charge in [-0.25, -0.2) is 19.6 Å². The number of methoxy groups -OCH3 is 1. The highest BCUT2D eigenvalue weighted by Gasteiger charge is 2.52. The molecule has 0 radical (unpaired) electrons. The zero-order valence-corrected chi connectivity index (χ0v) is 44.2. The van der Waals surface area contributed by atoms with Gasteiger partial charge in [-0.3, -0.25) is 32.8 Å². The molecule has 18 heteroatoms. The van der Waals surface area contributed by atoms with Crippen molar-refractivity contribution in [2.24, 2.45) is 0 Å². The topological polar surface area (TPSA) is 198 Å². The molecule has 6 N–H and O–H groups in total. The number of aryl methyl sites for hydroxylation is 2. The molecule has 0 aliphatic carbocycles. The summed E-state index contributed by atoms with van der Waals surface area (Å²) >= 11 is 0. The maximum absolute atomic E-state index is 15.8. The van der Waals surface area contributed by atoms with E-state index in [1.165, 1.54) is 9.13 Å². The lowest BCUT2D eigenvalue weighted by Crippen LogP contribution is -2.61. The van der Waals surface area contributed by atoms with Crippen molar-refractivity contribution in [3.63, 3.8) is 0 Å². The smallest absolute Gasteiger partial charge is 0.332 e. The van der Waals surface area contributed by atoms with Crippen LogP contribution in [0.25, 0.3) is 0 Å². The quantitative estimate of drug-likeness (QED) is 0.0420. The summed E-state index contributed by atoms with van der Waals surface area (Å²) in [5.74, 6) is 0.774. The fourth-order valence-corrected chi connectivity index (χ4v) is 10.6. The molecule has 75 heavy (non-hydrogen) atoms. The molecule has 0 saturated heterocycles. The Labute approximate surface area is 439 Å². The summed E-state index contributed by atoms with van der Waals surface area (Å²) in [7, 11) is 1.60. The van der Waals surface area contributed by atoms with Crippen molar-refractivity contribution in [1.82, 2.24) is 28.5 Å². The predicted octanol–water partition coefficient (Wildman–Crippen LogP) is 4.36. The summed E-state index contributed by atoms with van der Waals surface area (Å²) < 4.78 is 11.7. The number of anilines is 6. The molecule has 400 valence electrons. The Morgan fingerprint density at radius 2 is 1.05 bits per heavy atom. The van der Waals surface area contributed by atoms with Crippen LogP contribution in [0, 0.1) is 0 Å². The van der Waals surface area contributed by atoms with Gasteiger partial charge < -0.3 is 36.4 Å². The second kappa shape index (κ2) is 25.4. The van der Waals surface area contributed by atoms with Crippen molar-refractivity contribution in [3.8, 4) is 0 Å². The van der Waals surface area contributed by atoms with Crippen LogP contribution in [-0.2, 0) is 56.6 Å². The van der Waals surface area contributed by atoms with Gasteiger partial charge in [0.15, 0.2) is 11.6 Å². The molecule has 6 aromatic rings. The van der Waals surface area contributed by atoms with Crippen LogP contribution in [0.2, 0.25) is 0 Å². The first-order chi connectivity index (χ1) is 36.5. The molecule has 18 nitrogen and oxygen atoms in total. The first kappa shape index (κ1) is 54.2. The number of ether oxygens (including phenoxy) is 1. The van der Waals surface area contributed by atoms with Gasteiger partial charge in [0.05, 0.1) is 6.61 Å². The molecule has 0 spiro atoms. The third-order valence-corrected chi connectivity index (χ3v) is 14.5. The van der Waals surface area contributed by atoms with Crippen LogP contribution in [0.4, 0.5) is 34.4 Å². The third-order valence-electron chi connectivity index (χ3n) is 14.5. The highest BCUT2D eigenvalue weighted by molar-refractivity contribution is 5.83. The van der Waals surface area contributed by atoms with Crippen LogP contribution >= 0.6 is 0 Å². The predicted molar refractivity (Wildman–Crippen MR) is 301 cm³/mol. The van der Waals surface area contributed by atoms with Crippen molar-refractivity contribution >= 4 is 34.4 Å². The van der Waals surface area contributed by atoms with E-state index in [1.54, 1.807) is 16.2 Å². The van der Waals surface area contributed by atoms with Gasteiger partial charge in [-0.05, 0) is 85.3 Å². The molecule has 2 aliphatic rings. The number of rotatable bonds is 27. The average Bonchev–Trinajstić information content (AvgIpc) is 3.94. The molecule has 0 bridgehead atoms. The van der Waals surface area contributed by atoms with E-state index in [0.717, 1.165) is 22.3 Å². The van der Waals surface area contributed by atoms with E-state index >= 15 is 19.2 Å². The van der Waals surface area contributed by atoms with Gasteiger partial charge in [0.2, 0.25) is 0 Å². The number of aliphatic hydroxyl groups is 1. The van der Waals surface area contributed by atoms with E-state index in [-0.39, 0.29) is 32.8 Å². The molecule has 2 aromatic heterocycles. The van der Waals surface area contributed by atoms with Gasteiger partial charge in [0.25, 0.3) is 11.1 Å². The number of nitrogen functional groups attached to an aromatic ring is 2. The van der Waals surface area contributed by atoms with E-state index in [2.05, 4.69) is 54.3 Å². The number of nitrogens with zero attached hydrogens (tertiary/aromatic N) is 9. The van der Waals surface area contributed by atoms with Gasteiger partial charge in [-0.1, -0.05) is 106 Å².